The first-order valence-corrected chi connectivity index (χ1v) is 2.00. The van der Waals surface area contributed by atoms with Crippen molar-refractivity contribution >= 4 is 10.4 Å². The SMILES string of the molecule is O=S(=O)([O-])[O-].[Li+].[Pt+2]. The summed E-state index contributed by atoms with van der Waals surface area (Å²) in [4.78, 5) is 0. The molecule has 0 fully saturated rings. The number of hydrogen-bond acceptors (Lipinski definition) is 4. The summed E-state index contributed by atoms with van der Waals surface area (Å²) in [5.41, 5.74) is 0. The molecule has 0 saturated heterocycles. The van der Waals surface area contributed by atoms with E-state index in [9.17, 15) is 0 Å². The molecule has 0 heterocycles. The summed E-state index contributed by atoms with van der Waals surface area (Å²) in [7, 11) is -5.17. The molecule has 7 heavy (non-hydrogen) atoms. The van der Waals surface area contributed by atoms with E-state index in [2.05, 4.69) is 0 Å². The fourth-order valence-corrected chi connectivity index (χ4v) is 0. The van der Waals surface area contributed by atoms with Gasteiger partial charge in [-0.25, -0.2) is 0 Å². The van der Waals surface area contributed by atoms with E-state index in [1.807, 2.05) is 0 Å². The van der Waals surface area contributed by atoms with Crippen molar-refractivity contribution in [3.05, 3.63) is 0 Å². The zero-order chi connectivity index (χ0) is 4.50. The van der Waals surface area contributed by atoms with Crippen LogP contribution in [-0.2, 0) is 31.5 Å². The molecule has 0 unspecified atom stereocenters. The zero-order valence-corrected chi connectivity index (χ0v) is 6.45. The molecule has 0 amide bonds. The fourth-order valence-electron chi connectivity index (χ4n) is 0. The summed E-state index contributed by atoms with van der Waals surface area (Å²) >= 11 is 0. The van der Waals surface area contributed by atoms with Crippen molar-refractivity contribution in [2.45, 2.75) is 0 Å². The minimum absolute atomic E-state index is 0. The molecule has 0 spiro atoms. The molecule has 0 aliphatic carbocycles. The largest absolute Gasteiger partial charge is 2.00 e. The molecule has 0 aliphatic heterocycles. The molecular formula is LiO4PtS+. The second kappa shape index (κ2) is 5.30. The maximum absolute atomic E-state index is 8.52. The molecule has 0 atom stereocenters. The van der Waals surface area contributed by atoms with Crippen LogP contribution in [0, 0.1) is 0 Å². The summed E-state index contributed by atoms with van der Waals surface area (Å²) in [6.07, 6.45) is 0. The monoisotopic (exact) mass is 298 g/mol. The van der Waals surface area contributed by atoms with E-state index >= 15 is 0 Å². The van der Waals surface area contributed by atoms with Crippen molar-refractivity contribution in [1.29, 1.82) is 0 Å². The van der Waals surface area contributed by atoms with E-state index in [-0.39, 0.29) is 39.9 Å². The summed E-state index contributed by atoms with van der Waals surface area (Å²) in [5, 5.41) is 0. The normalized spacial score (nSPS) is 8.29. The molecule has 0 rings (SSSR count). The fraction of sp³-hybridized carbons (Fsp3) is 0. The third-order valence-corrected chi connectivity index (χ3v) is 0. The van der Waals surface area contributed by atoms with Crippen molar-refractivity contribution in [3.8, 4) is 0 Å². The molecule has 0 bridgehead atoms. The number of rotatable bonds is 0. The molecule has 0 aliphatic rings. The van der Waals surface area contributed by atoms with Gasteiger partial charge in [-0.15, -0.1) is 0 Å². The van der Waals surface area contributed by atoms with E-state index < -0.39 is 10.4 Å². The summed E-state index contributed by atoms with van der Waals surface area (Å²) < 4.78 is 34.1. The van der Waals surface area contributed by atoms with Gasteiger partial charge >= 0.3 is 39.9 Å². The average Bonchev–Trinajstić information content (AvgIpc) is 0.722. The van der Waals surface area contributed by atoms with Gasteiger partial charge in [-0.1, -0.05) is 0 Å². The van der Waals surface area contributed by atoms with E-state index in [1.165, 1.54) is 0 Å². The van der Waals surface area contributed by atoms with Crippen LogP contribution in [0.5, 0.6) is 0 Å². The Morgan fingerprint density at radius 2 is 1.14 bits per heavy atom. The minimum atomic E-state index is -5.17. The van der Waals surface area contributed by atoms with Gasteiger partial charge in [0.05, 0.1) is 0 Å². The maximum Gasteiger partial charge on any atom is 2.00 e. The van der Waals surface area contributed by atoms with Crippen molar-refractivity contribution in [3.63, 3.8) is 0 Å². The van der Waals surface area contributed by atoms with E-state index in [1.54, 1.807) is 0 Å². The predicted molar refractivity (Wildman–Crippen MR) is 10.5 cm³/mol. The van der Waals surface area contributed by atoms with Crippen LogP contribution in [-0.4, -0.2) is 17.5 Å². The molecule has 0 aromatic carbocycles. The minimum Gasteiger partial charge on any atom is -0.759 e. The summed E-state index contributed by atoms with van der Waals surface area (Å²) in [6, 6.07) is 0. The molecule has 0 N–H and O–H groups in total. The molecule has 0 saturated carbocycles. The quantitative estimate of drug-likeness (QED) is 0.257. The molecule has 0 aromatic rings. The summed E-state index contributed by atoms with van der Waals surface area (Å²) in [6.45, 7) is 0. The van der Waals surface area contributed by atoms with Gasteiger partial charge < -0.3 is 9.11 Å². The standard InChI is InChI=1S/Li.H2O4S.Pt/c;1-5(2,3)4;/h;(H2,1,2,3,4);/q+1;;+2/p-2. The second-order valence-corrected chi connectivity index (χ2v) is 1.22. The van der Waals surface area contributed by atoms with Crippen LogP contribution < -0.4 is 18.9 Å². The van der Waals surface area contributed by atoms with Crippen molar-refractivity contribution in [2.24, 2.45) is 0 Å². The van der Waals surface area contributed by atoms with Gasteiger partial charge in [0, 0.05) is 10.4 Å². The Balaban J connectivity index is -0.0000000800. The van der Waals surface area contributed by atoms with Crippen LogP contribution in [0.3, 0.4) is 0 Å². The van der Waals surface area contributed by atoms with Gasteiger partial charge in [-0.3, -0.25) is 8.42 Å². The molecule has 4 nitrogen and oxygen atoms in total. The number of hydrogen-bond donors (Lipinski definition) is 0. The van der Waals surface area contributed by atoms with Crippen LogP contribution in [0.4, 0.5) is 0 Å². The molecule has 7 heteroatoms. The Labute approximate surface area is 67.7 Å². The van der Waals surface area contributed by atoms with Gasteiger partial charge in [0.1, 0.15) is 0 Å². The van der Waals surface area contributed by atoms with Crippen molar-refractivity contribution < 1.29 is 57.4 Å². The Morgan fingerprint density at radius 3 is 1.14 bits per heavy atom. The Kier molecular flexibility index (Phi) is 11.9. The first-order valence-electron chi connectivity index (χ1n) is 0.667. The smallest absolute Gasteiger partial charge is 0.759 e. The summed E-state index contributed by atoms with van der Waals surface area (Å²) in [5.74, 6) is 0. The average molecular weight is 298 g/mol. The van der Waals surface area contributed by atoms with E-state index in [0.29, 0.717) is 0 Å². The van der Waals surface area contributed by atoms with Crippen molar-refractivity contribution in [1.82, 2.24) is 0 Å². The Morgan fingerprint density at radius 1 is 1.14 bits per heavy atom. The molecule has 0 aromatic heterocycles. The van der Waals surface area contributed by atoms with Gasteiger partial charge in [-0.05, 0) is 0 Å². The van der Waals surface area contributed by atoms with Crippen LogP contribution in [0.2, 0.25) is 0 Å². The first-order chi connectivity index (χ1) is 2.00. The van der Waals surface area contributed by atoms with Crippen LogP contribution in [0.1, 0.15) is 0 Å². The maximum atomic E-state index is 8.52. The van der Waals surface area contributed by atoms with Crippen LogP contribution in [0.25, 0.3) is 0 Å². The molecule has 40 valence electrons. The zero-order valence-electron chi connectivity index (χ0n) is 3.36. The topological polar surface area (TPSA) is 80.3 Å². The van der Waals surface area contributed by atoms with Crippen LogP contribution >= 0.6 is 0 Å². The Bertz CT molecular complexity index is 94.9. The van der Waals surface area contributed by atoms with E-state index in [4.69, 9.17) is 17.5 Å². The van der Waals surface area contributed by atoms with Gasteiger partial charge in [0.15, 0.2) is 0 Å². The molecular weight excluding hydrogens is 298 g/mol. The van der Waals surface area contributed by atoms with Crippen LogP contribution in [0.15, 0.2) is 0 Å². The van der Waals surface area contributed by atoms with Gasteiger partial charge in [0.25, 0.3) is 0 Å². The third-order valence-electron chi connectivity index (χ3n) is 0. The second-order valence-electron chi connectivity index (χ2n) is 0.408. The molecule has 0 radical (unpaired) electrons. The predicted octanol–water partition coefficient (Wildman–Crippen LogP) is -4.34. The first kappa shape index (κ1) is 15.7. The van der Waals surface area contributed by atoms with Gasteiger partial charge in [0.2, 0.25) is 0 Å². The third kappa shape index (κ3) is 142. The van der Waals surface area contributed by atoms with E-state index in [0.717, 1.165) is 0 Å². The van der Waals surface area contributed by atoms with Gasteiger partial charge in [-0.2, -0.15) is 0 Å². The van der Waals surface area contributed by atoms with Crippen molar-refractivity contribution in [2.75, 3.05) is 0 Å². The Hall–Kier alpha value is 1.16.